The van der Waals surface area contributed by atoms with Gasteiger partial charge in [0.15, 0.2) is 6.29 Å². The lowest BCUT2D eigenvalue weighted by Crippen LogP contribution is -2.37. The van der Waals surface area contributed by atoms with Crippen molar-refractivity contribution in [1.82, 2.24) is 5.32 Å². The Labute approximate surface area is 131 Å². The maximum absolute atomic E-state index is 12.2. The van der Waals surface area contributed by atoms with Gasteiger partial charge in [0, 0.05) is 20.1 Å². The van der Waals surface area contributed by atoms with E-state index in [1.165, 1.54) is 16.3 Å². The molecule has 2 aromatic carbocycles. The first kappa shape index (κ1) is 16.5. The summed E-state index contributed by atoms with van der Waals surface area (Å²) in [5, 5.41) is 5.27. The Hall–Kier alpha value is -1.91. The topological polar surface area (TPSA) is 47.6 Å². The summed E-state index contributed by atoms with van der Waals surface area (Å²) in [6, 6.07) is 14.4. The lowest BCUT2D eigenvalue weighted by Gasteiger charge is -2.17. The van der Waals surface area contributed by atoms with E-state index < -0.39 is 6.29 Å². The summed E-state index contributed by atoms with van der Waals surface area (Å²) in [5.41, 5.74) is 1.19. The zero-order valence-corrected chi connectivity index (χ0v) is 13.3. The quantitative estimate of drug-likeness (QED) is 0.800. The Balaban J connectivity index is 2.01. The van der Waals surface area contributed by atoms with Crippen LogP contribution in [0.25, 0.3) is 10.8 Å². The molecule has 0 fully saturated rings. The maximum atomic E-state index is 12.2. The third-order valence-corrected chi connectivity index (χ3v) is 3.82. The number of methoxy groups -OCH3 is 2. The standard InChI is InChI=1S/C18H23NO3/c1-13(18(20)19-12-17(21-2)22-3)11-15-9-6-8-14-7-4-5-10-16(14)15/h4-10,13,17H,11-12H2,1-3H3,(H,19,20). The van der Waals surface area contributed by atoms with Gasteiger partial charge in [0.1, 0.15) is 0 Å². The molecule has 4 heteroatoms. The number of hydrogen-bond donors (Lipinski definition) is 1. The highest BCUT2D eigenvalue weighted by Crippen LogP contribution is 2.21. The largest absolute Gasteiger partial charge is 0.354 e. The van der Waals surface area contributed by atoms with Crippen LogP contribution in [0.4, 0.5) is 0 Å². The minimum atomic E-state index is -0.409. The van der Waals surface area contributed by atoms with Crippen LogP contribution in [-0.4, -0.2) is 33.0 Å². The van der Waals surface area contributed by atoms with E-state index in [9.17, 15) is 4.79 Å². The molecular formula is C18H23NO3. The average Bonchev–Trinajstić information content (AvgIpc) is 2.56. The number of amides is 1. The highest BCUT2D eigenvalue weighted by molar-refractivity contribution is 5.86. The van der Waals surface area contributed by atoms with Gasteiger partial charge in [-0.05, 0) is 22.8 Å². The first-order valence-electron chi connectivity index (χ1n) is 7.45. The van der Waals surface area contributed by atoms with E-state index in [4.69, 9.17) is 9.47 Å². The predicted octanol–water partition coefficient (Wildman–Crippen LogP) is 2.75. The summed E-state index contributed by atoms with van der Waals surface area (Å²) in [7, 11) is 3.11. The molecular weight excluding hydrogens is 278 g/mol. The number of hydrogen-bond acceptors (Lipinski definition) is 3. The van der Waals surface area contributed by atoms with Crippen LogP contribution in [0.2, 0.25) is 0 Å². The molecule has 0 aliphatic heterocycles. The highest BCUT2D eigenvalue weighted by Gasteiger charge is 2.16. The van der Waals surface area contributed by atoms with Gasteiger partial charge in [-0.15, -0.1) is 0 Å². The molecule has 1 unspecified atom stereocenters. The van der Waals surface area contributed by atoms with E-state index in [1.54, 1.807) is 14.2 Å². The lowest BCUT2D eigenvalue weighted by atomic mass is 9.95. The molecule has 0 spiro atoms. The molecule has 0 saturated heterocycles. The van der Waals surface area contributed by atoms with Crippen molar-refractivity contribution in [2.24, 2.45) is 5.92 Å². The van der Waals surface area contributed by atoms with Crippen molar-refractivity contribution >= 4 is 16.7 Å². The molecule has 1 N–H and O–H groups in total. The Bertz CT molecular complexity index is 617. The minimum absolute atomic E-state index is 0.00651. The van der Waals surface area contributed by atoms with E-state index in [0.717, 1.165) is 0 Å². The van der Waals surface area contributed by atoms with Crippen molar-refractivity contribution in [2.45, 2.75) is 19.6 Å². The van der Waals surface area contributed by atoms with E-state index in [-0.39, 0.29) is 11.8 Å². The molecule has 2 aromatic rings. The maximum Gasteiger partial charge on any atom is 0.223 e. The van der Waals surface area contributed by atoms with Gasteiger partial charge in [-0.25, -0.2) is 0 Å². The Morgan fingerprint density at radius 1 is 1.09 bits per heavy atom. The fraction of sp³-hybridized carbons (Fsp3) is 0.389. The molecule has 1 atom stereocenters. The smallest absolute Gasteiger partial charge is 0.223 e. The predicted molar refractivity (Wildman–Crippen MR) is 87.6 cm³/mol. The average molecular weight is 301 g/mol. The molecule has 0 heterocycles. The zero-order valence-electron chi connectivity index (χ0n) is 13.3. The number of nitrogens with one attached hydrogen (secondary N) is 1. The summed E-state index contributed by atoms with van der Waals surface area (Å²) >= 11 is 0. The first-order chi connectivity index (χ1) is 10.7. The Morgan fingerprint density at radius 2 is 1.77 bits per heavy atom. The number of fused-ring (bicyclic) bond motifs is 1. The number of benzene rings is 2. The molecule has 0 aliphatic rings. The monoisotopic (exact) mass is 301 g/mol. The third kappa shape index (κ3) is 4.06. The lowest BCUT2D eigenvalue weighted by molar-refractivity contribution is -0.130. The van der Waals surface area contributed by atoms with Crippen LogP contribution in [0.3, 0.4) is 0 Å². The van der Waals surface area contributed by atoms with E-state index in [1.807, 2.05) is 25.1 Å². The number of rotatable bonds is 7. The highest BCUT2D eigenvalue weighted by atomic mass is 16.7. The van der Waals surface area contributed by atoms with Crippen LogP contribution in [0.1, 0.15) is 12.5 Å². The SMILES string of the molecule is COC(CNC(=O)C(C)Cc1cccc2ccccc12)OC. The van der Waals surface area contributed by atoms with Gasteiger partial charge in [0.05, 0.1) is 6.54 Å². The summed E-state index contributed by atoms with van der Waals surface area (Å²) in [5.74, 6) is -0.104. The van der Waals surface area contributed by atoms with Gasteiger partial charge in [0.25, 0.3) is 0 Å². The summed E-state index contributed by atoms with van der Waals surface area (Å²) in [6.45, 7) is 2.29. The van der Waals surface area contributed by atoms with E-state index in [2.05, 4.69) is 29.6 Å². The Kier molecular flexibility index (Phi) is 5.92. The zero-order chi connectivity index (χ0) is 15.9. The number of ether oxygens (including phenoxy) is 2. The van der Waals surface area contributed by atoms with E-state index in [0.29, 0.717) is 13.0 Å². The van der Waals surface area contributed by atoms with Crippen molar-refractivity contribution in [2.75, 3.05) is 20.8 Å². The molecule has 4 nitrogen and oxygen atoms in total. The molecule has 22 heavy (non-hydrogen) atoms. The molecule has 0 saturated carbocycles. The fourth-order valence-electron chi connectivity index (χ4n) is 2.51. The minimum Gasteiger partial charge on any atom is -0.354 e. The van der Waals surface area contributed by atoms with Crippen molar-refractivity contribution in [3.05, 3.63) is 48.0 Å². The van der Waals surface area contributed by atoms with Crippen molar-refractivity contribution in [3.8, 4) is 0 Å². The fourth-order valence-corrected chi connectivity index (χ4v) is 2.51. The van der Waals surface area contributed by atoms with Crippen molar-refractivity contribution in [1.29, 1.82) is 0 Å². The van der Waals surface area contributed by atoms with Crippen LogP contribution in [-0.2, 0) is 20.7 Å². The van der Waals surface area contributed by atoms with E-state index >= 15 is 0 Å². The van der Waals surface area contributed by atoms with Gasteiger partial charge < -0.3 is 14.8 Å². The van der Waals surface area contributed by atoms with Gasteiger partial charge in [0.2, 0.25) is 5.91 Å². The van der Waals surface area contributed by atoms with Crippen LogP contribution >= 0.6 is 0 Å². The van der Waals surface area contributed by atoms with Crippen molar-refractivity contribution in [3.63, 3.8) is 0 Å². The third-order valence-electron chi connectivity index (χ3n) is 3.82. The van der Waals surface area contributed by atoms with Crippen LogP contribution in [0, 0.1) is 5.92 Å². The van der Waals surface area contributed by atoms with Crippen LogP contribution in [0.15, 0.2) is 42.5 Å². The van der Waals surface area contributed by atoms with Gasteiger partial charge in [-0.3, -0.25) is 4.79 Å². The second kappa shape index (κ2) is 7.92. The summed E-state index contributed by atoms with van der Waals surface area (Å²) in [6.07, 6.45) is 0.298. The number of carbonyl (C=O) groups excluding carboxylic acids is 1. The van der Waals surface area contributed by atoms with Crippen LogP contribution < -0.4 is 5.32 Å². The molecule has 1 amide bonds. The Morgan fingerprint density at radius 3 is 2.50 bits per heavy atom. The second-order valence-corrected chi connectivity index (χ2v) is 5.39. The molecule has 2 rings (SSSR count). The molecule has 0 bridgehead atoms. The van der Waals surface area contributed by atoms with Crippen LogP contribution in [0.5, 0.6) is 0 Å². The molecule has 0 aromatic heterocycles. The molecule has 0 radical (unpaired) electrons. The normalized spacial score (nSPS) is 12.5. The molecule has 0 aliphatic carbocycles. The second-order valence-electron chi connectivity index (χ2n) is 5.39. The number of carbonyl (C=O) groups is 1. The summed E-state index contributed by atoms with van der Waals surface area (Å²) < 4.78 is 10.1. The van der Waals surface area contributed by atoms with Gasteiger partial charge in [-0.2, -0.15) is 0 Å². The van der Waals surface area contributed by atoms with Crippen molar-refractivity contribution < 1.29 is 14.3 Å². The van der Waals surface area contributed by atoms with Gasteiger partial charge in [-0.1, -0.05) is 49.4 Å². The molecule has 118 valence electrons. The summed E-state index contributed by atoms with van der Waals surface area (Å²) in [4.78, 5) is 12.2. The van der Waals surface area contributed by atoms with Gasteiger partial charge >= 0.3 is 0 Å². The first-order valence-corrected chi connectivity index (χ1v) is 7.45.